The zero-order chi connectivity index (χ0) is 30.9. The number of nitrogens with zero attached hydrogens (tertiary/aromatic N) is 1. The number of carbonyl (C=O) groups excluding carboxylic acids is 3. The topological polar surface area (TPSA) is 135 Å². The lowest BCUT2D eigenvalue weighted by atomic mass is 10.0. The van der Waals surface area contributed by atoms with Crippen molar-refractivity contribution in [2.24, 2.45) is 0 Å². The fourth-order valence-corrected chi connectivity index (χ4v) is 5.91. The predicted molar refractivity (Wildman–Crippen MR) is 163 cm³/mol. The lowest BCUT2D eigenvalue weighted by molar-refractivity contribution is -0.245. The van der Waals surface area contributed by atoms with E-state index >= 15 is 0 Å². The number of ether oxygens (including phenoxy) is 3. The second kappa shape index (κ2) is 15.3. The standard InChI is InChI=1S/C33H36N2O8S/c36-14-15-44-21-27-16-29(25-10-8-23(19-37)9-11-25)43-32(42-27)26-12-6-22(7-13-26)18-35-30(38)17-28(31(35)39)34-33(40)41-20-24-4-2-1-3-5-24/h1-13,27-29,32,36-37H,14-21H2,(H,34,40). The van der Waals surface area contributed by atoms with Crippen molar-refractivity contribution < 1.29 is 38.8 Å². The summed E-state index contributed by atoms with van der Waals surface area (Å²) in [5.74, 6) is 0.477. The van der Waals surface area contributed by atoms with Gasteiger partial charge in [0.2, 0.25) is 5.91 Å². The Morgan fingerprint density at radius 3 is 2.32 bits per heavy atom. The highest BCUT2D eigenvalue weighted by Gasteiger charge is 2.40. The largest absolute Gasteiger partial charge is 0.445 e. The molecule has 0 aromatic heterocycles. The number of alkyl carbamates (subject to hydrolysis) is 1. The molecule has 10 nitrogen and oxygen atoms in total. The Kier molecular flexibility index (Phi) is 11.0. The van der Waals surface area contributed by atoms with Crippen LogP contribution in [-0.4, -0.2) is 63.3 Å². The van der Waals surface area contributed by atoms with Gasteiger partial charge in [-0.05, 0) is 22.3 Å². The minimum absolute atomic E-state index is 0.0304. The van der Waals surface area contributed by atoms with E-state index < -0.39 is 24.3 Å². The van der Waals surface area contributed by atoms with Crippen molar-refractivity contribution in [2.75, 3.05) is 18.1 Å². The van der Waals surface area contributed by atoms with Crippen molar-refractivity contribution in [3.8, 4) is 0 Å². The van der Waals surface area contributed by atoms with Gasteiger partial charge < -0.3 is 29.7 Å². The normalized spacial score (nSPS) is 21.8. The molecule has 44 heavy (non-hydrogen) atoms. The molecular formula is C33H36N2O8S. The van der Waals surface area contributed by atoms with E-state index in [-0.39, 0.29) is 50.9 Å². The molecule has 2 fully saturated rings. The van der Waals surface area contributed by atoms with Gasteiger partial charge in [0.25, 0.3) is 5.91 Å². The average molecular weight is 621 g/mol. The molecule has 2 heterocycles. The molecule has 2 saturated heterocycles. The quantitative estimate of drug-likeness (QED) is 0.203. The molecule has 0 bridgehead atoms. The van der Waals surface area contributed by atoms with Gasteiger partial charge in [-0.3, -0.25) is 14.5 Å². The number of benzene rings is 3. The van der Waals surface area contributed by atoms with Gasteiger partial charge in [-0.2, -0.15) is 11.8 Å². The summed E-state index contributed by atoms with van der Waals surface area (Å²) < 4.78 is 17.8. The molecule has 0 radical (unpaired) electrons. The van der Waals surface area contributed by atoms with Crippen molar-refractivity contribution in [3.05, 3.63) is 107 Å². The van der Waals surface area contributed by atoms with E-state index in [0.717, 1.165) is 32.7 Å². The molecule has 3 N–H and O–H groups in total. The van der Waals surface area contributed by atoms with E-state index in [0.29, 0.717) is 17.9 Å². The maximum Gasteiger partial charge on any atom is 0.408 e. The highest BCUT2D eigenvalue weighted by molar-refractivity contribution is 7.99. The van der Waals surface area contributed by atoms with E-state index in [1.54, 1.807) is 11.8 Å². The number of amides is 3. The summed E-state index contributed by atoms with van der Waals surface area (Å²) in [5.41, 5.74) is 4.16. The third-order valence-corrected chi connectivity index (χ3v) is 8.57. The van der Waals surface area contributed by atoms with Crippen LogP contribution in [0.1, 0.15) is 53.1 Å². The molecule has 4 atom stereocenters. The molecule has 4 unspecified atom stereocenters. The van der Waals surface area contributed by atoms with Gasteiger partial charge in [0.05, 0.1) is 38.4 Å². The van der Waals surface area contributed by atoms with Crippen molar-refractivity contribution in [3.63, 3.8) is 0 Å². The molecule has 0 saturated carbocycles. The summed E-state index contributed by atoms with van der Waals surface area (Å²) in [6, 6.07) is 23.2. The van der Waals surface area contributed by atoms with E-state index in [9.17, 15) is 24.6 Å². The fraction of sp³-hybridized carbons (Fsp3) is 0.364. The SMILES string of the molecule is O=C(NC1CC(=O)N(Cc2ccc(C3OC(CSCCO)CC(c4ccc(CO)cc4)O3)cc2)C1=O)OCc1ccccc1. The van der Waals surface area contributed by atoms with E-state index in [1.165, 1.54) is 0 Å². The molecule has 3 aromatic rings. The van der Waals surface area contributed by atoms with E-state index in [1.807, 2.05) is 78.9 Å². The van der Waals surface area contributed by atoms with Crippen LogP contribution in [0.5, 0.6) is 0 Å². The van der Waals surface area contributed by atoms with Crippen LogP contribution in [-0.2, 0) is 43.6 Å². The van der Waals surface area contributed by atoms with Gasteiger partial charge in [-0.15, -0.1) is 0 Å². The third-order valence-electron chi connectivity index (χ3n) is 7.50. The van der Waals surface area contributed by atoms with Gasteiger partial charge in [0.1, 0.15) is 12.6 Å². The molecule has 0 spiro atoms. The summed E-state index contributed by atoms with van der Waals surface area (Å²) in [4.78, 5) is 39.0. The Hall–Kier alpha value is -3.74. The van der Waals surface area contributed by atoms with Crippen LogP contribution >= 0.6 is 11.8 Å². The number of imide groups is 1. The molecule has 232 valence electrons. The highest BCUT2D eigenvalue weighted by atomic mass is 32.2. The first-order valence-corrected chi connectivity index (χ1v) is 15.7. The second-order valence-corrected chi connectivity index (χ2v) is 11.8. The van der Waals surface area contributed by atoms with Gasteiger partial charge in [0.15, 0.2) is 6.29 Å². The minimum atomic E-state index is -0.974. The second-order valence-electron chi connectivity index (χ2n) is 10.7. The lowest BCUT2D eigenvalue weighted by Gasteiger charge is -2.36. The Balaban J connectivity index is 1.19. The monoisotopic (exact) mass is 620 g/mol. The Labute approximate surface area is 260 Å². The summed E-state index contributed by atoms with van der Waals surface area (Å²) in [7, 11) is 0. The number of thioether (sulfide) groups is 1. The molecule has 2 aliphatic rings. The Morgan fingerprint density at radius 2 is 1.61 bits per heavy atom. The van der Waals surface area contributed by atoms with Gasteiger partial charge >= 0.3 is 6.09 Å². The fourth-order valence-electron chi connectivity index (χ4n) is 5.13. The zero-order valence-electron chi connectivity index (χ0n) is 24.2. The molecular weight excluding hydrogens is 584 g/mol. The maximum absolute atomic E-state index is 13.0. The first-order valence-electron chi connectivity index (χ1n) is 14.5. The molecule has 3 amide bonds. The van der Waals surface area contributed by atoms with Crippen molar-refractivity contribution in [1.29, 1.82) is 0 Å². The van der Waals surface area contributed by atoms with Crippen molar-refractivity contribution >= 4 is 29.7 Å². The van der Waals surface area contributed by atoms with Crippen LogP contribution in [0.15, 0.2) is 78.9 Å². The van der Waals surface area contributed by atoms with Crippen molar-refractivity contribution in [2.45, 2.75) is 57.1 Å². The lowest BCUT2D eigenvalue weighted by Crippen LogP contribution is -2.41. The number of likely N-dealkylation sites (tertiary alicyclic amines) is 1. The van der Waals surface area contributed by atoms with Gasteiger partial charge in [0, 0.05) is 23.5 Å². The summed E-state index contributed by atoms with van der Waals surface area (Å²) in [5, 5.41) is 21.1. The van der Waals surface area contributed by atoms with Crippen molar-refractivity contribution in [1.82, 2.24) is 10.2 Å². The van der Waals surface area contributed by atoms with Crippen LogP contribution in [0.4, 0.5) is 4.79 Å². The van der Waals surface area contributed by atoms with Gasteiger partial charge in [-0.1, -0.05) is 78.9 Å². The number of rotatable bonds is 12. The number of carbonyl (C=O) groups is 3. The van der Waals surface area contributed by atoms with Crippen LogP contribution in [0.25, 0.3) is 0 Å². The molecule has 11 heteroatoms. The van der Waals surface area contributed by atoms with Crippen LogP contribution in [0, 0.1) is 0 Å². The summed E-state index contributed by atoms with van der Waals surface area (Å²) >= 11 is 1.62. The summed E-state index contributed by atoms with van der Waals surface area (Å²) in [6.45, 7) is 0.201. The Morgan fingerprint density at radius 1 is 0.909 bits per heavy atom. The average Bonchev–Trinajstić information content (AvgIpc) is 3.31. The maximum atomic E-state index is 13.0. The first-order chi connectivity index (χ1) is 21.4. The molecule has 0 aliphatic carbocycles. The van der Waals surface area contributed by atoms with E-state index in [4.69, 9.17) is 14.2 Å². The van der Waals surface area contributed by atoms with E-state index in [2.05, 4.69) is 5.32 Å². The predicted octanol–water partition coefficient (Wildman–Crippen LogP) is 4.00. The van der Waals surface area contributed by atoms with Crippen LogP contribution in [0.2, 0.25) is 0 Å². The number of hydrogen-bond donors (Lipinski definition) is 3. The van der Waals surface area contributed by atoms with Crippen LogP contribution < -0.4 is 5.32 Å². The Bertz CT molecular complexity index is 1400. The minimum Gasteiger partial charge on any atom is -0.445 e. The first kappa shape index (κ1) is 31.7. The number of aliphatic hydroxyl groups excluding tert-OH is 2. The number of nitrogens with one attached hydrogen (secondary N) is 1. The third kappa shape index (κ3) is 8.25. The molecule has 2 aliphatic heterocycles. The highest BCUT2D eigenvalue weighted by Crippen LogP contribution is 2.39. The number of hydrogen-bond acceptors (Lipinski definition) is 9. The zero-order valence-corrected chi connectivity index (χ0v) is 25.0. The molecule has 5 rings (SSSR count). The molecule has 3 aromatic carbocycles. The number of aliphatic hydroxyl groups is 2. The van der Waals surface area contributed by atoms with Gasteiger partial charge in [-0.25, -0.2) is 4.79 Å². The smallest absolute Gasteiger partial charge is 0.408 e. The summed E-state index contributed by atoms with van der Waals surface area (Å²) in [6.07, 6.45) is -1.18. The van der Waals surface area contributed by atoms with Crippen LogP contribution in [0.3, 0.4) is 0 Å².